The summed E-state index contributed by atoms with van der Waals surface area (Å²) in [5.41, 5.74) is 2.41. The number of aromatic nitrogens is 2. The lowest BCUT2D eigenvalue weighted by atomic mass is 9.96. The highest BCUT2D eigenvalue weighted by Gasteiger charge is 2.28. The van der Waals surface area contributed by atoms with Gasteiger partial charge in [-0.3, -0.25) is 9.59 Å². The number of hydrogen-bond acceptors (Lipinski definition) is 6. The molecule has 2 aromatic heterocycles. The summed E-state index contributed by atoms with van der Waals surface area (Å²) < 4.78 is 7.15. The first-order valence-electron chi connectivity index (χ1n) is 10.7. The minimum atomic E-state index is -0.156. The van der Waals surface area contributed by atoms with Gasteiger partial charge in [0.05, 0.1) is 25.5 Å². The van der Waals surface area contributed by atoms with Crippen LogP contribution < -0.4 is 10.1 Å². The summed E-state index contributed by atoms with van der Waals surface area (Å²) >= 11 is 1.38. The van der Waals surface area contributed by atoms with Crippen molar-refractivity contribution in [2.75, 3.05) is 19.0 Å². The topological polar surface area (TPSA) is 100 Å². The van der Waals surface area contributed by atoms with E-state index in [1.165, 1.54) is 11.3 Å². The average molecular weight is 464 g/mol. The summed E-state index contributed by atoms with van der Waals surface area (Å²) in [5.74, 6) is 0.554. The molecule has 0 saturated heterocycles. The van der Waals surface area contributed by atoms with E-state index in [-0.39, 0.29) is 30.7 Å². The van der Waals surface area contributed by atoms with Crippen LogP contribution in [0, 0.1) is 11.3 Å². The van der Waals surface area contributed by atoms with Gasteiger partial charge in [0.1, 0.15) is 23.4 Å². The fourth-order valence-corrected chi connectivity index (χ4v) is 5.33. The minimum absolute atomic E-state index is 0.00164. The Morgan fingerprint density at radius 2 is 2.18 bits per heavy atom. The smallest absolute Gasteiger partial charge is 0.242 e. The maximum atomic E-state index is 12.8. The first-order chi connectivity index (χ1) is 16.0. The zero-order valence-corrected chi connectivity index (χ0v) is 19.4. The maximum absolute atomic E-state index is 12.8. The van der Waals surface area contributed by atoms with Gasteiger partial charge in [-0.05, 0) is 29.5 Å². The van der Waals surface area contributed by atoms with Crippen LogP contribution in [0.4, 0.5) is 5.00 Å². The molecular formula is C24H25N5O3S. The monoisotopic (exact) mass is 463 g/mol. The van der Waals surface area contributed by atoms with Gasteiger partial charge in [-0.15, -0.1) is 11.3 Å². The average Bonchev–Trinajstić information content (AvgIpc) is 3.45. The van der Waals surface area contributed by atoms with Crippen molar-refractivity contribution in [3.63, 3.8) is 0 Å². The fraction of sp³-hybridized carbons (Fsp3) is 0.333. The van der Waals surface area contributed by atoms with Gasteiger partial charge in [0.15, 0.2) is 0 Å². The van der Waals surface area contributed by atoms with Crippen LogP contribution in [0.2, 0.25) is 0 Å². The summed E-state index contributed by atoms with van der Waals surface area (Å²) in [6, 6.07) is 9.91. The third-order valence-corrected chi connectivity index (χ3v) is 6.94. The van der Waals surface area contributed by atoms with Gasteiger partial charge in [-0.25, -0.2) is 4.98 Å². The Labute approximate surface area is 196 Å². The summed E-state index contributed by atoms with van der Waals surface area (Å²) in [5, 5.41) is 13.2. The number of para-hydroxylation sites is 1. The third kappa shape index (κ3) is 4.91. The van der Waals surface area contributed by atoms with Crippen molar-refractivity contribution >= 4 is 28.2 Å². The predicted molar refractivity (Wildman–Crippen MR) is 125 cm³/mol. The van der Waals surface area contributed by atoms with E-state index in [1.807, 2.05) is 31.2 Å². The Kier molecular flexibility index (Phi) is 6.75. The molecular weight excluding hydrogens is 438 g/mol. The normalized spacial score (nSPS) is 13.7. The van der Waals surface area contributed by atoms with Gasteiger partial charge in [-0.2, -0.15) is 5.26 Å². The molecule has 8 nitrogen and oxygen atoms in total. The first-order valence-corrected chi connectivity index (χ1v) is 11.5. The lowest BCUT2D eigenvalue weighted by Gasteiger charge is -2.27. The summed E-state index contributed by atoms with van der Waals surface area (Å²) in [6.45, 7) is 3.20. The first kappa shape index (κ1) is 22.6. The largest absolute Gasteiger partial charge is 0.496 e. The molecule has 0 spiro atoms. The molecule has 1 aliphatic rings. The highest BCUT2D eigenvalue weighted by atomic mass is 32.1. The van der Waals surface area contributed by atoms with E-state index < -0.39 is 0 Å². The predicted octanol–water partition coefficient (Wildman–Crippen LogP) is 3.54. The molecule has 0 aliphatic carbocycles. The number of nitrogens with one attached hydrogen (secondary N) is 1. The van der Waals surface area contributed by atoms with Crippen molar-refractivity contribution in [2.45, 2.75) is 38.8 Å². The minimum Gasteiger partial charge on any atom is -0.496 e. The Morgan fingerprint density at radius 1 is 1.36 bits per heavy atom. The SMILES string of the molecule is COc1ccccc1C(C)CC(=O)Nc1sc2c(c1C#N)CCN(C(=O)Cn1ccnc1)C2. The third-order valence-electron chi connectivity index (χ3n) is 5.81. The summed E-state index contributed by atoms with van der Waals surface area (Å²) in [7, 11) is 1.62. The van der Waals surface area contributed by atoms with Gasteiger partial charge in [-0.1, -0.05) is 25.1 Å². The molecule has 0 fully saturated rings. The lowest BCUT2D eigenvalue weighted by molar-refractivity contribution is -0.132. The van der Waals surface area contributed by atoms with Crippen molar-refractivity contribution in [1.82, 2.24) is 14.5 Å². The van der Waals surface area contributed by atoms with Crippen molar-refractivity contribution in [1.29, 1.82) is 5.26 Å². The molecule has 9 heteroatoms. The van der Waals surface area contributed by atoms with Crippen LogP contribution in [0.15, 0.2) is 43.0 Å². The Bertz CT molecular complexity index is 1200. The molecule has 1 aliphatic heterocycles. The van der Waals surface area contributed by atoms with E-state index >= 15 is 0 Å². The number of anilines is 1. The van der Waals surface area contributed by atoms with Crippen LogP contribution >= 0.6 is 11.3 Å². The molecule has 0 radical (unpaired) electrons. The van der Waals surface area contributed by atoms with Crippen LogP contribution in [-0.4, -0.2) is 39.9 Å². The Balaban J connectivity index is 1.44. The van der Waals surface area contributed by atoms with Crippen molar-refractivity contribution in [3.8, 4) is 11.8 Å². The van der Waals surface area contributed by atoms with Crippen LogP contribution in [0.5, 0.6) is 5.75 Å². The van der Waals surface area contributed by atoms with Gasteiger partial charge in [0.25, 0.3) is 0 Å². The lowest BCUT2D eigenvalue weighted by Crippen LogP contribution is -2.37. The summed E-state index contributed by atoms with van der Waals surface area (Å²) in [6.07, 6.45) is 5.88. The second-order valence-electron chi connectivity index (χ2n) is 8.02. The number of benzene rings is 1. The molecule has 0 saturated carbocycles. The molecule has 33 heavy (non-hydrogen) atoms. The van der Waals surface area contributed by atoms with Gasteiger partial charge in [0.2, 0.25) is 11.8 Å². The van der Waals surface area contributed by atoms with Crippen molar-refractivity contribution in [2.24, 2.45) is 0 Å². The fourth-order valence-electron chi connectivity index (χ4n) is 4.10. The number of carbonyl (C=O) groups is 2. The van der Waals surface area contributed by atoms with E-state index in [0.717, 1.165) is 21.8 Å². The van der Waals surface area contributed by atoms with E-state index in [2.05, 4.69) is 16.4 Å². The molecule has 1 atom stereocenters. The van der Waals surface area contributed by atoms with E-state index in [9.17, 15) is 14.9 Å². The Hall–Kier alpha value is -3.64. The zero-order valence-electron chi connectivity index (χ0n) is 18.6. The van der Waals surface area contributed by atoms with Crippen LogP contribution in [-0.2, 0) is 29.1 Å². The Morgan fingerprint density at radius 3 is 2.91 bits per heavy atom. The number of thiophene rings is 1. The number of carbonyl (C=O) groups excluding carboxylic acids is 2. The van der Waals surface area contributed by atoms with E-state index in [4.69, 9.17) is 4.74 Å². The summed E-state index contributed by atoms with van der Waals surface area (Å²) in [4.78, 5) is 32.2. The van der Waals surface area contributed by atoms with Gasteiger partial charge >= 0.3 is 0 Å². The van der Waals surface area contributed by atoms with E-state index in [0.29, 0.717) is 30.1 Å². The number of nitriles is 1. The number of ether oxygens (including phenoxy) is 1. The molecule has 1 N–H and O–H groups in total. The number of fused-ring (bicyclic) bond motifs is 1. The number of rotatable bonds is 7. The quantitative estimate of drug-likeness (QED) is 0.578. The van der Waals surface area contributed by atoms with E-state index in [1.54, 1.807) is 35.3 Å². The standard InChI is InChI=1S/C24H25N5O3S/c1-16(17-5-3-4-6-20(17)32-2)11-22(30)27-24-19(12-25)18-7-9-29(13-21(18)33-24)23(31)14-28-10-8-26-15-28/h3-6,8,10,15-16H,7,9,11,13-14H2,1-2H3,(H,27,30). The number of nitrogens with zero attached hydrogens (tertiary/aromatic N) is 4. The molecule has 170 valence electrons. The van der Waals surface area contributed by atoms with Gasteiger partial charge < -0.3 is 19.5 Å². The molecule has 3 aromatic rings. The van der Waals surface area contributed by atoms with Crippen molar-refractivity contribution in [3.05, 3.63) is 64.6 Å². The molecule has 1 unspecified atom stereocenters. The highest BCUT2D eigenvalue weighted by Crippen LogP contribution is 2.37. The molecule has 1 aromatic carbocycles. The van der Waals surface area contributed by atoms with Crippen molar-refractivity contribution < 1.29 is 14.3 Å². The molecule has 4 rings (SSSR count). The highest BCUT2D eigenvalue weighted by molar-refractivity contribution is 7.16. The molecule has 2 amide bonds. The number of imidazole rings is 1. The molecule has 3 heterocycles. The van der Waals surface area contributed by atoms with Crippen LogP contribution in [0.3, 0.4) is 0 Å². The number of hydrogen-bond donors (Lipinski definition) is 1. The number of amides is 2. The number of methoxy groups -OCH3 is 1. The second kappa shape index (κ2) is 9.88. The maximum Gasteiger partial charge on any atom is 0.242 e. The molecule has 0 bridgehead atoms. The van der Waals surface area contributed by atoms with Gasteiger partial charge in [0, 0.05) is 30.2 Å². The van der Waals surface area contributed by atoms with Crippen LogP contribution in [0.25, 0.3) is 0 Å². The zero-order chi connectivity index (χ0) is 23.4. The van der Waals surface area contributed by atoms with Crippen LogP contribution in [0.1, 0.15) is 40.8 Å². The second-order valence-corrected chi connectivity index (χ2v) is 9.12.